The largest absolute Gasteiger partial charge is 0.490 e. The van der Waals surface area contributed by atoms with Crippen molar-refractivity contribution in [3.63, 3.8) is 0 Å². The zero-order valence-electron chi connectivity index (χ0n) is 93.8. The number of aryl methyl sites for hydroxylation is 1. The second-order valence-electron chi connectivity index (χ2n) is 45.0. The van der Waals surface area contributed by atoms with Crippen molar-refractivity contribution in [3.05, 3.63) is 291 Å². The smallest absolute Gasteiger partial charge is 0.261 e. The SMILES string of the molecule is CC(C)c1ccc(CN2CCC(F)(F)C2)cc1.CC(C)c1ccc(CN2CCC(F)(F)CC2)cc1.CC(C)c1ccc(N(C)C)cc1.CC(C)c1ccc(NC2CCC2)cc1.CC(C)c1ccc(NC2CCCCC2)cc1.CC(C)c1ccc(NCC2CCOC2)cc1.CC(C)c1ccc(OC2CCCC2)cc1.CCC(O)(CC)CCc1ccc(C(C)C)cc1.CCN(Cc1ccc(C(C)C)cc1)C1CCOC1C. The molecule has 3 saturated carbocycles. The predicted octanol–water partition coefficient (Wildman–Crippen LogP) is 34.4. The van der Waals surface area contributed by atoms with E-state index >= 15 is 0 Å². The molecule has 144 heavy (non-hydrogen) atoms. The summed E-state index contributed by atoms with van der Waals surface area (Å²) in [4.78, 5) is 8.60. The molecule has 0 bridgehead atoms. The van der Waals surface area contributed by atoms with Crippen molar-refractivity contribution in [1.82, 2.24) is 14.7 Å². The Morgan fingerprint density at radius 1 is 0.403 bits per heavy atom. The summed E-state index contributed by atoms with van der Waals surface area (Å²) in [7, 11) is 4.12. The third-order valence-electron chi connectivity index (χ3n) is 30.1. The van der Waals surface area contributed by atoms with Crippen molar-refractivity contribution >= 4 is 22.7 Å². The highest BCUT2D eigenvalue weighted by Crippen LogP contribution is 2.35. The number of likely N-dealkylation sites (N-methyl/N-ethyl adjacent to an activating group) is 1. The molecule has 4 heterocycles. The van der Waals surface area contributed by atoms with Crippen molar-refractivity contribution in [2.45, 2.75) is 408 Å². The number of anilines is 4. The monoisotopic (exact) mass is 1980 g/mol. The lowest BCUT2D eigenvalue weighted by Crippen LogP contribution is -2.39. The van der Waals surface area contributed by atoms with E-state index in [2.05, 4.69) is 403 Å². The third kappa shape index (κ3) is 44.5. The summed E-state index contributed by atoms with van der Waals surface area (Å²) in [6.07, 6.45) is 22.8. The first-order valence-electron chi connectivity index (χ1n) is 56.0. The van der Waals surface area contributed by atoms with E-state index < -0.39 is 17.4 Å². The topological polar surface area (TPSA) is 97.0 Å². The number of ether oxygens (including phenoxy) is 3. The third-order valence-corrected chi connectivity index (χ3v) is 30.1. The number of nitrogens with one attached hydrogen (secondary N) is 3. The van der Waals surface area contributed by atoms with Crippen LogP contribution in [0.1, 0.15) is 406 Å². The number of likely N-dealkylation sites (tertiary alicyclic amines) is 2. The van der Waals surface area contributed by atoms with E-state index in [1.54, 1.807) is 0 Å². The Hall–Kier alpha value is -8.54. The van der Waals surface area contributed by atoms with Crippen molar-refractivity contribution in [1.29, 1.82) is 0 Å². The van der Waals surface area contributed by atoms with Gasteiger partial charge >= 0.3 is 0 Å². The van der Waals surface area contributed by atoms with E-state index in [0.717, 1.165) is 89.0 Å². The van der Waals surface area contributed by atoms with Gasteiger partial charge in [0.2, 0.25) is 0 Å². The molecule has 3 atom stereocenters. The number of rotatable bonds is 32. The maximum Gasteiger partial charge on any atom is 0.261 e. The fraction of sp³-hybridized carbons (Fsp3) is 0.581. The molecule has 16 rings (SSSR count). The quantitative estimate of drug-likeness (QED) is 0.0304. The van der Waals surface area contributed by atoms with E-state index in [9.17, 15) is 22.7 Å². The standard InChI is InChI=1S/C17H27NO.C16H26O.C15H21F2N.C15H23N.C14H19F2N.C14H21NO.C14H20O.C13H19N.C11H17N/c1-5-18(17-10-11-19-14(17)4)12-15-6-8-16(9-7-15)13(2)3;1-5-16(17,6-2)12-11-14-7-9-15(10-8-14)13(3)4;1-12(2)14-5-3-13(4-6-14)11-18-9-7-15(16,17)8-10-18;1-12(2)13-8-10-15(11-9-13)16-14-6-4-3-5-7-14;1-11(2)13-5-3-12(4-6-13)9-17-8-7-14(15,16)10-17;1-11(2)13-3-5-14(6-4-13)15-9-12-7-8-16-10-12;1-11(2)12-7-9-14(10-8-12)15-13-5-3-4-6-13;1-10(2)11-6-8-13(9-7-11)14-12-4-3-5-12;1-9(2)10-5-7-11(8-6-10)12(3)4/h6-9,13-14,17H,5,10-12H2,1-4H3;7-10,13,17H,5-6,11-12H2,1-4H3;3-6,12H,7-11H2,1-2H3;8-12,14,16H,3-7H2,1-2H3;3-6,11H,7-10H2,1-2H3;3-6,11-12,15H,7-10H2,1-2H3;7-11,13H,3-6H2,1-2H3;6-10,12,14H,3-5H2,1-2H3;5-9H,1-4H3. The van der Waals surface area contributed by atoms with Crippen LogP contribution in [0.15, 0.2) is 218 Å². The highest BCUT2D eigenvalue weighted by molar-refractivity contribution is 5.49. The highest BCUT2D eigenvalue weighted by atomic mass is 19.3. The van der Waals surface area contributed by atoms with Crippen LogP contribution in [0.5, 0.6) is 5.75 Å². The van der Waals surface area contributed by atoms with Crippen LogP contribution in [-0.4, -0.2) is 141 Å². The Morgan fingerprint density at radius 3 is 1.10 bits per heavy atom. The van der Waals surface area contributed by atoms with Crippen molar-refractivity contribution in [2.75, 3.05) is 94.0 Å². The van der Waals surface area contributed by atoms with Gasteiger partial charge in [-0.3, -0.25) is 14.7 Å². The molecule has 4 aliphatic heterocycles. The van der Waals surface area contributed by atoms with E-state index in [0.29, 0.717) is 110 Å². The molecule has 3 aliphatic carbocycles. The summed E-state index contributed by atoms with van der Waals surface area (Å²) in [6.45, 7) is 57.1. The maximum atomic E-state index is 13.0. The van der Waals surface area contributed by atoms with Gasteiger partial charge in [-0.1, -0.05) is 322 Å². The van der Waals surface area contributed by atoms with Gasteiger partial charge in [0.15, 0.2) is 0 Å². The van der Waals surface area contributed by atoms with Gasteiger partial charge in [0.05, 0.1) is 31.0 Å². The normalized spacial score (nSPS) is 18.0. The van der Waals surface area contributed by atoms with Gasteiger partial charge in [0, 0.05) is 139 Å². The molecule has 0 amide bonds. The van der Waals surface area contributed by atoms with Crippen LogP contribution < -0.4 is 25.6 Å². The Bertz CT molecular complexity index is 4830. The highest BCUT2D eigenvalue weighted by Gasteiger charge is 2.38. The van der Waals surface area contributed by atoms with Gasteiger partial charge in [0.1, 0.15) is 5.75 Å². The minimum atomic E-state index is -2.49. The number of hydrogen-bond acceptors (Lipinski definition) is 11. The molecular weight excluding hydrogens is 1790 g/mol. The van der Waals surface area contributed by atoms with Gasteiger partial charge in [-0.25, -0.2) is 17.6 Å². The molecule has 4 N–H and O–H groups in total. The summed E-state index contributed by atoms with van der Waals surface area (Å²) in [5.74, 6) is 2.13. The minimum absolute atomic E-state index is 0.00290. The molecule has 0 spiro atoms. The second-order valence-corrected chi connectivity index (χ2v) is 45.0. The van der Waals surface area contributed by atoms with Crippen LogP contribution in [0.4, 0.5) is 40.3 Å². The van der Waals surface area contributed by atoms with Crippen LogP contribution in [0.2, 0.25) is 0 Å². The van der Waals surface area contributed by atoms with Crippen molar-refractivity contribution in [3.8, 4) is 5.75 Å². The maximum absolute atomic E-state index is 13.0. The molecule has 11 nitrogen and oxygen atoms in total. The van der Waals surface area contributed by atoms with Crippen molar-refractivity contribution < 1.29 is 36.9 Å². The molecule has 3 unspecified atom stereocenters. The average Bonchev–Trinajstić information content (AvgIpc) is 1.74. The summed E-state index contributed by atoms with van der Waals surface area (Å²) in [5.41, 5.74) is 22.1. The summed E-state index contributed by atoms with van der Waals surface area (Å²) in [6, 6.07) is 80.5. The molecular formula is C129H193F4N7O4. The van der Waals surface area contributed by atoms with Gasteiger partial charge in [0.25, 0.3) is 11.8 Å². The van der Waals surface area contributed by atoms with Crippen LogP contribution in [-0.2, 0) is 35.5 Å². The number of nitrogens with zero attached hydrogens (tertiary/aromatic N) is 4. The van der Waals surface area contributed by atoms with Crippen LogP contribution in [0, 0.1) is 5.92 Å². The minimum Gasteiger partial charge on any atom is -0.490 e. The van der Waals surface area contributed by atoms with Gasteiger partial charge in [-0.15, -0.1) is 0 Å². The van der Waals surface area contributed by atoms with E-state index in [4.69, 9.17) is 14.2 Å². The van der Waals surface area contributed by atoms with Crippen LogP contribution in [0.25, 0.3) is 0 Å². The van der Waals surface area contributed by atoms with Gasteiger partial charge in [-0.2, -0.15) is 0 Å². The van der Waals surface area contributed by atoms with Crippen molar-refractivity contribution in [2.24, 2.45) is 5.92 Å². The van der Waals surface area contributed by atoms with E-state index in [1.807, 2.05) is 17.0 Å². The molecule has 7 fully saturated rings. The molecule has 15 heteroatoms. The predicted molar refractivity (Wildman–Crippen MR) is 609 cm³/mol. The molecule has 9 aromatic carbocycles. The molecule has 0 radical (unpaired) electrons. The summed E-state index contributed by atoms with van der Waals surface area (Å²) in [5, 5.41) is 20.9. The first-order valence-corrected chi connectivity index (χ1v) is 56.0. The Kier molecular flexibility index (Phi) is 52.5. The molecule has 9 aromatic rings. The first-order chi connectivity index (χ1) is 68.7. The molecule has 7 aliphatic rings. The van der Waals surface area contributed by atoms with E-state index in [1.165, 1.54) is 179 Å². The lowest BCUT2D eigenvalue weighted by molar-refractivity contribution is -0.0566. The fourth-order valence-corrected chi connectivity index (χ4v) is 18.9. The number of aliphatic hydroxyl groups is 1. The number of hydrogen-bond donors (Lipinski definition) is 4. The number of halogens is 4. The summed E-state index contributed by atoms with van der Waals surface area (Å²) < 4.78 is 69.1. The van der Waals surface area contributed by atoms with Crippen LogP contribution >= 0.6 is 0 Å². The second kappa shape index (κ2) is 62.7. The molecule has 0 aromatic heterocycles. The first kappa shape index (κ1) is 121. The zero-order chi connectivity index (χ0) is 105. The lowest BCUT2D eigenvalue weighted by Gasteiger charge is -2.31. The Balaban J connectivity index is 0.000000198. The van der Waals surface area contributed by atoms with Gasteiger partial charge in [-0.05, 0) is 296 Å². The number of benzene rings is 9. The summed E-state index contributed by atoms with van der Waals surface area (Å²) >= 11 is 0. The van der Waals surface area contributed by atoms with Gasteiger partial charge < -0.3 is 40.2 Å². The van der Waals surface area contributed by atoms with E-state index in [-0.39, 0.29) is 25.8 Å². The number of alkyl halides is 4. The fourth-order valence-electron chi connectivity index (χ4n) is 18.9. The molecule has 4 saturated heterocycles. The average molecular weight is 1980 g/mol. The number of piperidine rings is 1. The zero-order valence-corrected chi connectivity index (χ0v) is 93.8. The van der Waals surface area contributed by atoms with Crippen LogP contribution in [0.3, 0.4) is 0 Å². The molecule has 796 valence electrons. The Labute approximate surface area is 873 Å². The Morgan fingerprint density at radius 2 is 0.757 bits per heavy atom. The lowest BCUT2D eigenvalue weighted by atomic mass is 9.89.